The number of hydrogen-bond acceptors (Lipinski definition) is 5. The highest BCUT2D eigenvalue weighted by Crippen LogP contribution is 2.36. The van der Waals surface area contributed by atoms with Crippen LogP contribution in [0.15, 0.2) is 53.4 Å². The molecular weight excluding hydrogens is 378 g/mol. The summed E-state index contributed by atoms with van der Waals surface area (Å²) in [6.07, 6.45) is 0. The maximum absolute atomic E-state index is 12.8. The smallest absolute Gasteiger partial charge is 0.341 e. The first-order valence-electron chi connectivity index (χ1n) is 8.76. The minimum absolute atomic E-state index is 0.238. The molecule has 0 radical (unpaired) electrons. The molecule has 0 saturated carbocycles. The molecule has 3 rings (SSSR count). The van der Waals surface area contributed by atoms with Gasteiger partial charge in [-0.15, -0.1) is 23.1 Å². The van der Waals surface area contributed by atoms with Gasteiger partial charge in [0.05, 0.1) is 6.61 Å². The number of amides is 1. The molecule has 0 saturated heterocycles. The Balaban J connectivity index is 1.93. The number of carbonyl (C=O) groups is 2. The van der Waals surface area contributed by atoms with E-state index in [2.05, 4.69) is 19.2 Å². The molecule has 0 unspecified atom stereocenters. The third-order valence-corrected chi connectivity index (χ3v) is 5.85. The predicted octanol–water partition coefficient (Wildman–Crippen LogP) is 5.83. The lowest BCUT2D eigenvalue weighted by molar-refractivity contribution is 0.0530. The molecule has 6 heteroatoms. The molecule has 0 aliphatic rings. The fourth-order valence-electron chi connectivity index (χ4n) is 2.70. The molecule has 0 bridgehead atoms. The number of nitrogens with one attached hydrogen (secondary N) is 1. The molecule has 0 aliphatic carbocycles. The lowest BCUT2D eigenvalue weighted by Crippen LogP contribution is -2.14. The lowest BCUT2D eigenvalue weighted by atomic mass is 10.1. The van der Waals surface area contributed by atoms with Crippen molar-refractivity contribution in [3.8, 4) is 0 Å². The van der Waals surface area contributed by atoms with Crippen LogP contribution in [0.2, 0.25) is 0 Å². The van der Waals surface area contributed by atoms with Gasteiger partial charge in [-0.25, -0.2) is 4.79 Å². The number of thiophene rings is 1. The van der Waals surface area contributed by atoms with Gasteiger partial charge in [0.15, 0.2) is 0 Å². The fraction of sp³-hybridized carbons (Fsp3) is 0.238. The Hall–Kier alpha value is -2.31. The van der Waals surface area contributed by atoms with E-state index in [4.69, 9.17) is 4.74 Å². The van der Waals surface area contributed by atoms with Crippen LogP contribution < -0.4 is 5.32 Å². The van der Waals surface area contributed by atoms with Crippen LogP contribution in [0.1, 0.15) is 41.5 Å². The average molecular weight is 400 g/mol. The molecule has 0 fully saturated rings. The molecule has 27 heavy (non-hydrogen) atoms. The second-order valence-corrected chi connectivity index (χ2v) is 8.87. The molecule has 1 N–H and O–H groups in total. The van der Waals surface area contributed by atoms with Crippen LogP contribution in [0.25, 0.3) is 10.1 Å². The Morgan fingerprint density at radius 2 is 1.93 bits per heavy atom. The molecule has 1 heterocycles. The Morgan fingerprint density at radius 3 is 2.67 bits per heavy atom. The van der Waals surface area contributed by atoms with Crippen LogP contribution in [0.4, 0.5) is 5.00 Å². The number of anilines is 1. The summed E-state index contributed by atoms with van der Waals surface area (Å²) in [5, 5.41) is 4.64. The second-order valence-electron chi connectivity index (χ2n) is 6.17. The molecule has 3 aromatic rings. The maximum Gasteiger partial charge on any atom is 0.341 e. The van der Waals surface area contributed by atoms with Gasteiger partial charge in [-0.3, -0.25) is 4.79 Å². The minimum atomic E-state index is -0.422. The second kappa shape index (κ2) is 8.59. The summed E-state index contributed by atoms with van der Waals surface area (Å²) in [4.78, 5) is 26.3. The van der Waals surface area contributed by atoms with E-state index in [9.17, 15) is 9.59 Å². The summed E-state index contributed by atoms with van der Waals surface area (Å²) < 4.78 is 6.13. The fourth-order valence-corrected chi connectivity index (χ4v) is 4.68. The molecule has 2 aromatic carbocycles. The van der Waals surface area contributed by atoms with Crippen molar-refractivity contribution in [1.82, 2.24) is 0 Å². The summed E-state index contributed by atoms with van der Waals surface area (Å²) in [5.41, 5.74) is 0.978. The van der Waals surface area contributed by atoms with Crippen LogP contribution in [0.3, 0.4) is 0 Å². The number of rotatable bonds is 6. The third kappa shape index (κ3) is 4.51. The van der Waals surface area contributed by atoms with Crippen molar-refractivity contribution in [3.63, 3.8) is 0 Å². The number of ether oxygens (including phenoxy) is 1. The van der Waals surface area contributed by atoms with Gasteiger partial charge in [-0.05, 0) is 31.2 Å². The van der Waals surface area contributed by atoms with Crippen LogP contribution >= 0.6 is 23.1 Å². The zero-order chi connectivity index (χ0) is 19.4. The van der Waals surface area contributed by atoms with Crippen molar-refractivity contribution in [1.29, 1.82) is 0 Å². The Labute approximate surface area is 166 Å². The average Bonchev–Trinajstić information content (AvgIpc) is 2.99. The van der Waals surface area contributed by atoms with Gasteiger partial charge in [0, 0.05) is 25.8 Å². The number of fused-ring (bicyclic) bond motifs is 1. The Bertz CT molecular complexity index is 978. The van der Waals surface area contributed by atoms with Gasteiger partial charge in [-0.2, -0.15) is 0 Å². The quantitative estimate of drug-likeness (QED) is 0.418. The van der Waals surface area contributed by atoms with E-state index in [1.807, 2.05) is 42.5 Å². The molecule has 1 aromatic heterocycles. The van der Waals surface area contributed by atoms with Crippen LogP contribution in [-0.2, 0) is 4.74 Å². The van der Waals surface area contributed by atoms with Crippen LogP contribution in [-0.4, -0.2) is 23.7 Å². The van der Waals surface area contributed by atoms with E-state index in [-0.39, 0.29) is 12.5 Å². The molecule has 0 spiro atoms. The van der Waals surface area contributed by atoms with E-state index >= 15 is 0 Å². The summed E-state index contributed by atoms with van der Waals surface area (Å²) in [6, 6.07) is 15.1. The van der Waals surface area contributed by atoms with Crippen LogP contribution in [0.5, 0.6) is 0 Å². The Kier molecular flexibility index (Phi) is 6.19. The molecule has 0 atom stereocenters. The van der Waals surface area contributed by atoms with E-state index in [0.29, 0.717) is 21.4 Å². The topological polar surface area (TPSA) is 55.4 Å². The largest absolute Gasteiger partial charge is 0.462 e. The van der Waals surface area contributed by atoms with Crippen molar-refractivity contribution in [2.24, 2.45) is 0 Å². The van der Waals surface area contributed by atoms with Crippen molar-refractivity contribution in [3.05, 3.63) is 59.7 Å². The van der Waals surface area contributed by atoms with Gasteiger partial charge >= 0.3 is 5.97 Å². The number of benzene rings is 2. The van der Waals surface area contributed by atoms with Gasteiger partial charge in [-0.1, -0.05) is 38.1 Å². The zero-order valence-electron chi connectivity index (χ0n) is 15.4. The van der Waals surface area contributed by atoms with Crippen molar-refractivity contribution < 1.29 is 14.3 Å². The maximum atomic E-state index is 12.8. The van der Waals surface area contributed by atoms with Crippen molar-refractivity contribution in [2.75, 3.05) is 11.9 Å². The zero-order valence-corrected chi connectivity index (χ0v) is 17.1. The monoisotopic (exact) mass is 399 g/mol. The van der Waals surface area contributed by atoms with E-state index in [0.717, 1.165) is 15.0 Å². The minimum Gasteiger partial charge on any atom is -0.462 e. The van der Waals surface area contributed by atoms with Crippen molar-refractivity contribution >= 4 is 50.1 Å². The number of carbonyl (C=O) groups excluding carboxylic acids is 2. The van der Waals surface area contributed by atoms with Gasteiger partial charge in [0.2, 0.25) is 0 Å². The van der Waals surface area contributed by atoms with Gasteiger partial charge in [0.1, 0.15) is 10.6 Å². The third-order valence-electron chi connectivity index (χ3n) is 3.77. The highest BCUT2D eigenvalue weighted by Gasteiger charge is 2.22. The van der Waals surface area contributed by atoms with Crippen molar-refractivity contribution in [2.45, 2.75) is 30.9 Å². The highest BCUT2D eigenvalue weighted by atomic mass is 32.2. The molecule has 1 amide bonds. The molecule has 140 valence electrons. The summed E-state index contributed by atoms with van der Waals surface area (Å²) in [6.45, 7) is 6.27. The first kappa shape index (κ1) is 19.5. The first-order chi connectivity index (χ1) is 13.0. The molecule has 0 aliphatic heterocycles. The normalized spacial score (nSPS) is 11.0. The number of thioether (sulfide) groups is 1. The van der Waals surface area contributed by atoms with Gasteiger partial charge < -0.3 is 10.1 Å². The molecular formula is C21H21NO3S2. The number of esters is 1. The van der Waals surface area contributed by atoms with E-state index < -0.39 is 5.97 Å². The predicted molar refractivity (Wildman–Crippen MR) is 113 cm³/mol. The molecule has 4 nitrogen and oxygen atoms in total. The van der Waals surface area contributed by atoms with E-state index in [1.165, 1.54) is 11.3 Å². The summed E-state index contributed by atoms with van der Waals surface area (Å²) in [7, 11) is 0. The summed E-state index contributed by atoms with van der Waals surface area (Å²) in [5.74, 6) is -0.660. The van der Waals surface area contributed by atoms with E-state index in [1.54, 1.807) is 24.8 Å². The standard InChI is InChI=1S/C21H21NO3S2/c1-4-25-21(24)18-16-10-5-6-11-17(16)27-20(18)22-19(23)14-8-7-9-15(12-14)26-13(2)3/h5-13H,4H2,1-3H3,(H,22,23). The SMILES string of the molecule is CCOC(=O)c1c(NC(=O)c2cccc(SC(C)C)c2)sc2ccccc12. The lowest BCUT2D eigenvalue weighted by Gasteiger charge is -2.09. The number of hydrogen-bond donors (Lipinski definition) is 1. The summed E-state index contributed by atoms with van der Waals surface area (Å²) >= 11 is 3.08. The highest BCUT2D eigenvalue weighted by molar-refractivity contribution is 7.99. The van der Waals surface area contributed by atoms with Crippen LogP contribution in [0, 0.1) is 0 Å². The van der Waals surface area contributed by atoms with Gasteiger partial charge in [0.25, 0.3) is 5.91 Å². The first-order valence-corrected chi connectivity index (χ1v) is 10.5. The Morgan fingerprint density at radius 1 is 1.15 bits per heavy atom.